The molecular formula is C11H18N4OS. The number of ether oxygens (including phenoxy) is 1. The van der Waals surface area contributed by atoms with Crippen LogP contribution in [0.15, 0.2) is 6.20 Å². The van der Waals surface area contributed by atoms with Crippen LogP contribution in [0.2, 0.25) is 0 Å². The predicted molar refractivity (Wildman–Crippen MR) is 69.4 cm³/mol. The Labute approximate surface area is 105 Å². The van der Waals surface area contributed by atoms with E-state index in [2.05, 4.69) is 15.2 Å². The molecule has 5 nitrogen and oxygen atoms in total. The number of hydrogen-bond donors (Lipinski definition) is 2. The number of nitrogen functional groups attached to an aromatic ring is 1. The van der Waals surface area contributed by atoms with Gasteiger partial charge in [0.2, 0.25) is 0 Å². The van der Waals surface area contributed by atoms with Crippen LogP contribution in [0.1, 0.15) is 12.8 Å². The number of anilines is 2. The van der Waals surface area contributed by atoms with E-state index in [9.17, 15) is 0 Å². The fraction of sp³-hybridized carbons (Fsp3) is 0.727. The molecule has 2 saturated heterocycles. The van der Waals surface area contributed by atoms with Gasteiger partial charge in [-0.15, -0.1) is 0 Å². The first kappa shape index (κ1) is 11.3. The van der Waals surface area contributed by atoms with Crippen molar-refractivity contribution in [2.24, 2.45) is 0 Å². The van der Waals surface area contributed by atoms with Crippen molar-refractivity contribution >= 4 is 21.5 Å². The maximum atomic E-state index is 5.86. The number of nitrogens with two attached hydrogens (primary N) is 1. The first-order valence-corrected chi connectivity index (χ1v) is 6.94. The van der Waals surface area contributed by atoms with E-state index in [-0.39, 0.29) is 6.10 Å². The Morgan fingerprint density at radius 3 is 3.41 bits per heavy atom. The maximum absolute atomic E-state index is 5.86. The summed E-state index contributed by atoms with van der Waals surface area (Å²) >= 11 is 1.48. The van der Waals surface area contributed by atoms with E-state index in [0.29, 0.717) is 6.04 Å². The molecule has 3 N–H and O–H groups in total. The van der Waals surface area contributed by atoms with Gasteiger partial charge >= 0.3 is 0 Å². The second-order valence-corrected chi connectivity index (χ2v) is 5.76. The van der Waals surface area contributed by atoms with Crippen molar-refractivity contribution in [3.8, 4) is 0 Å². The van der Waals surface area contributed by atoms with Gasteiger partial charge in [0.25, 0.3) is 0 Å². The molecule has 2 unspecified atom stereocenters. The third-order valence-corrected chi connectivity index (χ3v) is 4.25. The molecule has 0 bridgehead atoms. The zero-order valence-corrected chi connectivity index (χ0v) is 10.6. The second-order valence-electron chi connectivity index (χ2n) is 4.70. The molecule has 0 radical (unpaired) electrons. The average Bonchev–Trinajstić information content (AvgIpc) is 2.94. The smallest absolute Gasteiger partial charge is 0.184 e. The van der Waals surface area contributed by atoms with Gasteiger partial charge in [0.15, 0.2) is 5.13 Å². The molecule has 2 atom stereocenters. The fourth-order valence-electron chi connectivity index (χ4n) is 2.58. The number of aromatic nitrogens is 1. The molecule has 17 heavy (non-hydrogen) atoms. The molecule has 0 saturated carbocycles. The van der Waals surface area contributed by atoms with Crippen molar-refractivity contribution in [1.82, 2.24) is 9.88 Å². The molecule has 0 spiro atoms. The molecule has 94 valence electrons. The van der Waals surface area contributed by atoms with Gasteiger partial charge in [0.05, 0.1) is 18.9 Å². The molecule has 0 aromatic carbocycles. The van der Waals surface area contributed by atoms with Crippen molar-refractivity contribution in [2.75, 3.05) is 37.3 Å². The van der Waals surface area contributed by atoms with E-state index in [1.54, 1.807) is 6.20 Å². The topological polar surface area (TPSA) is 63.4 Å². The van der Waals surface area contributed by atoms with Crippen LogP contribution in [0.5, 0.6) is 0 Å². The minimum absolute atomic E-state index is 0.273. The highest BCUT2D eigenvalue weighted by Gasteiger charge is 2.31. The van der Waals surface area contributed by atoms with Gasteiger partial charge in [-0.1, -0.05) is 11.3 Å². The lowest BCUT2D eigenvalue weighted by atomic mass is 10.2. The quantitative estimate of drug-likeness (QED) is 0.842. The molecule has 1 aromatic rings. The maximum Gasteiger partial charge on any atom is 0.184 e. The Bertz CT molecular complexity index is 383. The zero-order valence-electron chi connectivity index (χ0n) is 9.76. The summed E-state index contributed by atoms with van der Waals surface area (Å²) in [5.41, 5.74) is 5.63. The van der Waals surface area contributed by atoms with Gasteiger partial charge < -0.3 is 15.8 Å². The van der Waals surface area contributed by atoms with E-state index in [1.807, 2.05) is 0 Å². The summed E-state index contributed by atoms with van der Waals surface area (Å²) in [6.07, 6.45) is 4.57. The van der Waals surface area contributed by atoms with Crippen LogP contribution in [0.4, 0.5) is 10.1 Å². The fourth-order valence-corrected chi connectivity index (χ4v) is 3.17. The van der Waals surface area contributed by atoms with E-state index in [1.165, 1.54) is 30.7 Å². The predicted octanol–water partition coefficient (Wildman–Crippen LogP) is 1.00. The molecule has 0 aliphatic carbocycles. The number of nitrogens with one attached hydrogen (secondary N) is 1. The van der Waals surface area contributed by atoms with Gasteiger partial charge in [0, 0.05) is 19.1 Å². The largest absolute Gasteiger partial charge is 0.389 e. The van der Waals surface area contributed by atoms with Crippen LogP contribution in [-0.4, -0.2) is 48.3 Å². The normalized spacial score (nSPS) is 29.2. The van der Waals surface area contributed by atoms with E-state index >= 15 is 0 Å². The number of thiazole rings is 1. The van der Waals surface area contributed by atoms with Crippen molar-refractivity contribution in [3.05, 3.63) is 6.20 Å². The van der Waals surface area contributed by atoms with Crippen molar-refractivity contribution in [3.63, 3.8) is 0 Å². The highest BCUT2D eigenvalue weighted by Crippen LogP contribution is 2.23. The summed E-state index contributed by atoms with van der Waals surface area (Å²) in [4.78, 5) is 6.73. The van der Waals surface area contributed by atoms with Crippen LogP contribution >= 0.6 is 11.3 Å². The molecule has 0 amide bonds. The standard InChI is InChI=1S/C11H18N4OS/c12-10-5-14-11(17-10)13-4-9-6-15-3-1-2-8(15)7-16-9/h5,8-9H,1-4,6-7,12H2,(H,13,14). The number of fused-ring (bicyclic) bond motifs is 1. The first-order valence-electron chi connectivity index (χ1n) is 6.12. The Kier molecular flexibility index (Phi) is 3.17. The molecule has 6 heteroatoms. The lowest BCUT2D eigenvalue weighted by Gasteiger charge is -2.35. The van der Waals surface area contributed by atoms with Gasteiger partial charge in [-0.05, 0) is 19.4 Å². The Morgan fingerprint density at radius 2 is 2.59 bits per heavy atom. The lowest BCUT2D eigenvalue weighted by Crippen LogP contribution is -2.48. The van der Waals surface area contributed by atoms with Gasteiger partial charge in [0.1, 0.15) is 5.00 Å². The molecule has 2 fully saturated rings. The van der Waals surface area contributed by atoms with Crippen molar-refractivity contribution in [1.29, 1.82) is 0 Å². The average molecular weight is 254 g/mol. The third-order valence-electron chi connectivity index (χ3n) is 3.47. The van der Waals surface area contributed by atoms with Crippen LogP contribution in [0.3, 0.4) is 0 Å². The number of hydrogen-bond acceptors (Lipinski definition) is 6. The number of morpholine rings is 1. The van der Waals surface area contributed by atoms with Gasteiger partial charge in [-0.25, -0.2) is 4.98 Å². The molecular weight excluding hydrogens is 236 g/mol. The van der Waals surface area contributed by atoms with Crippen molar-refractivity contribution < 1.29 is 4.74 Å². The summed E-state index contributed by atoms with van der Waals surface area (Å²) in [5.74, 6) is 0. The zero-order chi connectivity index (χ0) is 11.7. The first-order chi connectivity index (χ1) is 8.31. The van der Waals surface area contributed by atoms with Gasteiger partial charge in [-0.3, -0.25) is 4.90 Å². The molecule has 3 rings (SSSR count). The summed E-state index contributed by atoms with van der Waals surface area (Å²) in [5, 5.41) is 4.92. The molecule has 2 aliphatic rings. The van der Waals surface area contributed by atoms with Crippen LogP contribution < -0.4 is 11.1 Å². The van der Waals surface area contributed by atoms with E-state index in [4.69, 9.17) is 10.5 Å². The summed E-state index contributed by atoms with van der Waals surface area (Å²) in [6.45, 7) is 3.97. The Hall–Kier alpha value is -0.850. The highest BCUT2D eigenvalue weighted by atomic mass is 32.1. The molecule has 3 heterocycles. The Balaban J connectivity index is 1.49. The highest BCUT2D eigenvalue weighted by molar-refractivity contribution is 7.19. The Morgan fingerprint density at radius 1 is 1.65 bits per heavy atom. The van der Waals surface area contributed by atoms with E-state index < -0.39 is 0 Å². The summed E-state index contributed by atoms with van der Waals surface area (Å²) < 4.78 is 5.86. The van der Waals surface area contributed by atoms with Crippen LogP contribution in [-0.2, 0) is 4.74 Å². The minimum Gasteiger partial charge on any atom is -0.389 e. The van der Waals surface area contributed by atoms with Crippen molar-refractivity contribution in [2.45, 2.75) is 25.0 Å². The second kappa shape index (κ2) is 4.80. The van der Waals surface area contributed by atoms with Crippen LogP contribution in [0, 0.1) is 0 Å². The molecule has 1 aromatic heterocycles. The summed E-state index contributed by atoms with van der Waals surface area (Å²) in [6, 6.07) is 0.668. The molecule has 2 aliphatic heterocycles. The van der Waals surface area contributed by atoms with Gasteiger partial charge in [-0.2, -0.15) is 0 Å². The third kappa shape index (κ3) is 2.53. The summed E-state index contributed by atoms with van der Waals surface area (Å²) in [7, 11) is 0. The SMILES string of the molecule is Nc1cnc(NCC2CN3CCCC3CO2)s1. The number of rotatable bonds is 3. The monoisotopic (exact) mass is 254 g/mol. The lowest BCUT2D eigenvalue weighted by molar-refractivity contribution is -0.0415. The van der Waals surface area contributed by atoms with Crippen LogP contribution in [0.25, 0.3) is 0 Å². The number of nitrogens with zero attached hydrogens (tertiary/aromatic N) is 2. The minimum atomic E-state index is 0.273. The van der Waals surface area contributed by atoms with E-state index in [0.717, 1.165) is 29.8 Å².